The Labute approximate surface area is 518 Å². The van der Waals surface area contributed by atoms with E-state index in [-0.39, 0.29) is 77.2 Å². The van der Waals surface area contributed by atoms with Gasteiger partial charge in [-0.1, -0.05) is 59.6 Å². The summed E-state index contributed by atoms with van der Waals surface area (Å²) in [6.45, 7) is 12.5. The number of alkyl carbamates (subject to hydrolysis) is 1. The zero-order chi connectivity index (χ0) is 64.2. The fraction of sp³-hybridized carbons (Fsp3) is 0.593. The molecular formula is C59H87N11O14S3. The molecule has 0 spiro atoms. The SMILES string of the molecule is CC[C@H](C)[C@@H]([C@@H](CC(=O)N1CCC[C@H]1[C@H](OC)[C@@H](C)C(=O)NCC1NC=CS1)OC)N(C)C(=O)CNC(=O)C(C)(C)NC(=O)OCc1ccc(NC(=O)CNC(=O)[C@@H](NC(=O)CCCCCNC(=O)c2ccc3nc(S(C)(=O)=O)sc3c2)C(C)C)cc1. The second kappa shape index (κ2) is 33.5. The molecule has 1 fully saturated rings. The summed E-state index contributed by atoms with van der Waals surface area (Å²) in [7, 11) is 1.17. The van der Waals surface area contributed by atoms with Gasteiger partial charge in [-0.15, -0.1) is 23.1 Å². The fourth-order valence-corrected chi connectivity index (χ4v) is 12.7. The monoisotopic (exact) mass is 1270 g/mol. The van der Waals surface area contributed by atoms with E-state index >= 15 is 0 Å². The van der Waals surface area contributed by atoms with E-state index in [4.69, 9.17) is 14.2 Å². The largest absolute Gasteiger partial charge is 0.445 e. The fourth-order valence-electron chi connectivity index (χ4n) is 10.1. The van der Waals surface area contributed by atoms with Crippen LogP contribution >= 0.6 is 23.1 Å². The van der Waals surface area contributed by atoms with Crippen molar-refractivity contribution in [2.45, 2.75) is 152 Å². The zero-order valence-electron chi connectivity index (χ0n) is 51.6. The Kier molecular flexibility index (Phi) is 27.3. The highest BCUT2D eigenvalue weighted by molar-refractivity contribution is 8.02. The van der Waals surface area contributed by atoms with Crippen molar-refractivity contribution in [3.8, 4) is 0 Å². The van der Waals surface area contributed by atoms with Crippen LogP contribution in [0.4, 0.5) is 10.5 Å². The van der Waals surface area contributed by atoms with E-state index < -0.39 is 81.9 Å². The Balaban J connectivity index is 0.991. The molecule has 0 radical (unpaired) electrons. The predicted octanol–water partition coefficient (Wildman–Crippen LogP) is 4.18. The van der Waals surface area contributed by atoms with Crippen molar-refractivity contribution in [3.63, 3.8) is 0 Å². The first kappa shape index (κ1) is 70.9. The minimum Gasteiger partial charge on any atom is -0.445 e. The number of thiazole rings is 1. The minimum atomic E-state index is -3.47. The third-order valence-electron chi connectivity index (χ3n) is 15.4. The van der Waals surface area contributed by atoms with Crippen molar-refractivity contribution in [3.05, 3.63) is 65.2 Å². The zero-order valence-corrected chi connectivity index (χ0v) is 54.0. The van der Waals surface area contributed by atoms with E-state index in [2.05, 4.69) is 47.5 Å². The number of likely N-dealkylation sites (tertiary alicyclic amines) is 1. The standard InChI is InChI=1S/C59H87N11O14S3/c1-12-36(4)51(43(82-9)30-48(73)70-27-16-17-42(70)52(83-10)37(5)53(75)63-32-47-60-26-28-85-47)69(8)49(74)33-64-56(78)59(6,7)68-57(79)84-34-38-19-22-40(23-20-38)65-46(72)31-62-55(77)50(35(2)3)67-45(71)18-14-13-15-25-61-54(76)39-21-24-41-44(29-39)86-58(66-41)87(11,80)81/h19-24,26,28-29,35-37,42-43,47,50-52,60H,12-18,25,27,30-34H2,1-11H3,(H,61,76)(H,62,77)(H,63,75)(H,64,78)(H,65,72)(H,67,71)(H,68,79)/t36-,37+,42-,43+,47?,50-,51-,52+/m0/s1. The molecule has 0 saturated carbocycles. The number of hydrogen-bond acceptors (Lipinski definition) is 18. The van der Waals surface area contributed by atoms with Crippen LogP contribution in [0, 0.1) is 17.8 Å². The molecule has 87 heavy (non-hydrogen) atoms. The number of anilines is 1. The number of hydrogen-bond donors (Lipinski definition) is 8. The number of benzene rings is 2. The Bertz CT molecular complexity index is 3020. The summed E-state index contributed by atoms with van der Waals surface area (Å²) in [6, 6.07) is 9.36. The molecule has 0 aliphatic carbocycles. The number of fused-ring (bicyclic) bond motifs is 1. The summed E-state index contributed by atoms with van der Waals surface area (Å²) in [5, 5.41) is 24.1. The van der Waals surface area contributed by atoms with E-state index in [0.29, 0.717) is 78.8 Å². The normalized spacial score (nSPS) is 17.0. The summed E-state index contributed by atoms with van der Waals surface area (Å²) < 4.78 is 41.5. The number of amides is 9. The number of methoxy groups -OCH3 is 2. The summed E-state index contributed by atoms with van der Waals surface area (Å²) >= 11 is 2.58. The van der Waals surface area contributed by atoms with Gasteiger partial charge < -0.3 is 66.5 Å². The first-order valence-corrected chi connectivity index (χ1v) is 32.9. The number of nitrogens with zero attached hydrogens (tertiary/aromatic N) is 3. The highest BCUT2D eigenvalue weighted by Crippen LogP contribution is 2.30. The van der Waals surface area contributed by atoms with Crippen LogP contribution < -0.4 is 42.5 Å². The number of likely N-dealkylation sites (N-methyl/N-ethyl adjacent to an activating group) is 1. The molecule has 9 amide bonds. The number of nitrogens with one attached hydrogen (secondary N) is 8. The maximum Gasteiger partial charge on any atom is 0.408 e. The number of aromatic nitrogens is 1. The van der Waals surface area contributed by atoms with E-state index in [0.717, 1.165) is 24.0 Å². The van der Waals surface area contributed by atoms with Crippen LogP contribution in [0.25, 0.3) is 10.2 Å². The van der Waals surface area contributed by atoms with Gasteiger partial charge in [-0.3, -0.25) is 38.4 Å². The van der Waals surface area contributed by atoms with Crippen LogP contribution in [0.3, 0.4) is 0 Å². The lowest BCUT2D eigenvalue weighted by Gasteiger charge is -2.39. The molecule has 1 unspecified atom stereocenters. The van der Waals surface area contributed by atoms with Crippen molar-refractivity contribution in [2.24, 2.45) is 17.8 Å². The maximum atomic E-state index is 14.1. The van der Waals surface area contributed by atoms with Gasteiger partial charge in [-0.05, 0) is 92.7 Å². The van der Waals surface area contributed by atoms with Gasteiger partial charge in [0.05, 0.1) is 65.3 Å². The molecule has 2 aliphatic rings. The summed E-state index contributed by atoms with van der Waals surface area (Å²) in [4.78, 5) is 126. The Morgan fingerprint density at radius 3 is 2.25 bits per heavy atom. The number of rotatable bonds is 33. The van der Waals surface area contributed by atoms with Gasteiger partial charge in [0.1, 0.15) is 18.2 Å². The van der Waals surface area contributed by atoms with Gasteiger partial charge in [0.2, 0.25) is 55.5 Å². The summed E-state index contributed by atoms with van der Waals surface area (Å²) in [5.41, 5.74) is 0.292. The molecule has 8 atom stereocenters. The molecule has 2 aromatic carbocycles. The van der Waals surface area contributed by atoms with Gasteiger partial charge in [0, 0.05) is 71.0 Å². The highest BCUT2D eigenvalue weighted by atomic mass is 32.2. The smallest absolute Gasteiger partial charge is 0.408 e. The second-order valence-corrected chi connectivity index (χ2v) is 27.1. The quantitative estimate of drug-likeness (QED) is 0.0397. The lowest BCUT2D eigenvalue weighted by atomic mass is 9.90. The van der Waals surface area contributed by atoms with Gasteiger partial charge in [-0.2, -0.15) is 0 Å². The first-order valence-electron chi connectivity index (χ1n) is 29.2. The number of carbonyl (C=O) groups excluding carboxylic acids is 9. The number of carbonyl (C=O) groups is 9. The number of sulfone groups is 1. The first-order chi connectivity index (χ1) is 41.2. The van der Waals surface area contributed by atoms with Gasteiger partial charge in [0.15, 0.2) is 0 Å². The number of thioether (sulfide) groups is 1. The molecule has 3 heterocycles. The third kappa shape index (κ3) is 21.2. The molecule has 480 valence electrons. The van der Waals surface area contributed by atoms with Gasteiger partial charge >= 0.3 is 6.09 Å². The van der Waals surface area contributed by atoms with Crippen LogP contribution in [0.5, 0.6) is 0 Å². The van der Waals surface area contributed by atoms with Crippen LogP contribution in [-0.2, 0) is 64.2 Å². The molecule has 1 aromatic heterocycles. The van der Waals surface area contributed by atoms with Crippen molar-refractivity contribution in [2.75, 3.05) is 65.6 Å². The van der Waals surface area contributed by atoms with E-state index in [9.17, 15) is 51.6 Å². The number of unbranched alkanes of at least 4 members (excludes halogenated alkanes) is 2. The maximum absolute atomic E-state index is 14.1. The Morgan fingerprint density at radius 2 is 1.61 bits per heavy atom. The van der Waals surface area contributed by atoms with E-state index in [1.807, 2.05) is 25.5 Å². The lowest BCUT2D eigenvalue weighted by molar-refractivity contribution is -0.145. The van der Waals surface area contributed by atoms with E-state index in [1.54, 1.807) is 94.1 Å². The van der Waals surface area contributed by atoms with Crippen molar-refractivity contribution in [1.82, 2.24) is 52.0 Å². The molecule has 25 nitrogen and oxygen atoms in total. The predicted molar refractivity (Wildman–Crippen MR) is 332 cm³/mol. The van der Waals surface area contributed by atoms with Crippen LogP contribution in [0.2, 0.25) is 0 Å². The summed E-state index contributed by atoms with van der Waals surface area (Å²) in [6.07, 6.45) is 4.61. The molecule has 1 saturated heterocycles. The second-order valence-electron chi connectivity index (χ2n) is 22.7. The molecular weight excluding hydrogens is 1180 g/mol. The Hall–Kier alpha value is -6.88. The van der Waals surface area contributed by atoms with E-state index in [1.165, 1.54) is 25.9 Å². The molecule has 5 rings (SSSR count). The van der Waals surface area contributed by atoms with Crippen LogP contribution in [0.1, 0.15) is 116 Å². The van der Waals surface area contributed by atoms with Crippen LogP contribution in [0.15, 0.2) is 58.4 Å². The molecule has 0 bridgehead atoms. The van der Waals surface area contributed by atoms with Crippen molar-refractivity contribution in [1.29, 1.82) is 0 Å². The lowest BCUT2D eigenvalue weighted by Crippen LogP contribution is -2.57. The van der Waals surface area contributed by atoms with Gasteiger partial charge in [-0.25, -0.2) is 18.2 Å². The third-order valence-corrected chi connectivity index (χ3v) is 19.0. The highest BCUT2D eigenvalue weighted by Gasteiger charge is 2.42. The average molecular weight is 1270 g/mol. The van der Waals surface area contributed by atoms with Crippen LogP contribution in [-0.4, -0.2) is 178 Å². The van der Waals surface area contributed by atoms with Crippen molar-refractivity contribution >= 4 is 102 Å². The Morgan fingerprint density at radius 1 is 0.885 bits per heavy atom. The molecule has 2 aliphatic heterocycles. The molecule has 28 heteroatoms. The average Bonchev–Trinajstić information content (AvgIpc) is 3.43. The number of ether oxygens (including phenoxy) is 3. The minimum absolute atomic E-state index is 0.0158. The summed E-state index contributed by atoms with van der Waals surface area (Å²) in [5.74, 6) is -4.14. The topological polar surface area (TPSA) is 331 Å². The van der Waals surface area contributed by atoms with Gasteiger partial charge in [0.25, 0.3) is 5.91 Å². The molecule has 3 aromatic rings. The molecule has 8 N–H and O–H groups in total. The van der Waals surface area contributed by atoms with Crippen molar-refractivity contribution < 1.29 is 65.8 Å².